The Kier molecular flexibility index (Phi) is 3.47. The quantitative estimate of drug-likeness (QED) is 0.758. The number of ether oxygens (including phenoxy) is 1. The van der Waals surface area contributed by atoms with E-state index in [0.717, 1.165) is 17.5 Å². The van der Waals surface area contributed by atoms with Gasteiger partial charge in [0.2, 0.25) is 0 Å². The molecule has 0 bridgehead atoms. The number of fused-ring (bicyclic) bond motifs is 1. The second-order valence-corrected chi connectivity index (χ2v) is 3.94. The lowest BCUT2D eigenvalue weighted by atomic mass is 10.1. The maximum Gasteiger partial charge on any atom is 0.310 e. The first-order valence-corrected chi connectivity index (χ1v) is 5.98. The molecular weight excluding hydrogens is 214 g/mol. The molecule has 0 saturated heterocycles. The molecule has 0 atom stereocenters. The summed E-state index contributed by atoms with van der Waals surface area (Å²) >= 11 is 0. The number of rotatable bonds is 4. The number of aromatic nitrogens is 1. The molecular formula is C14H17NO2. The molecule has 0 aliphatic rings. The first-order valence-electron chi connectivity index (χ1n) is 5.98. The van der Waals surface area contributed by atoms with Gasteiger partial charge in [-0.1, -0.05) is 18.2 Å². The average molecular weight is 231 g/mol. The van der Waals surface area contributed by atoms with Gasteiger partial charge >= 0.3 is 5.97 Å². The smallest absolute Gasteiger partial charge is 0.310 e. The van der Waals surface area contributed by atoms with Gasteiger partial charge in [0.15, 0.2) is 0 Å². The second kappa shape index (κ2) is 5.04. The molecule has 0 radical (unpaired) electrons. The van der Waals surface area contributed by atoms with Crippen LogP contribution in [0.5, 0.6) is 0 Å². The molecule has 0 saturated carbocycles. The molecule has 90 valence electrons. The fraction of sp³-hybridized carbons (Fsp3) is 0.357. The van der Waals surface area contributed by atoms with Crippen molar-refractivity contribution < 1.29 is 9.53 Å². The standard InChI is InChI=1S/C14H17NO2/c1-3-15-10-11(9-14(16)17-4-2)12-7-5-6-8-13(12)15/h5-8,10H,3-4,9H2,1-2H3. The molecule has 17 heavy (non-hydrogen) atoms. The molecule has 3 heteroatoms. The van der Waals surface area contributed by atoms with Crippen LogP contribution in [0.3, 0.4) is 0 Å². The summed E-state index contributed by atoms with van der Waals surface area (Å²) in [6.07, 6.45) is 2.39. The number of para-hydroxylation sites is 1. The molecule has 0 aliphatic heterocycles. The fourth-order valence-electron chi connectivity index (χ4n) is 2.09. The Hall–Kier alpha value is -1.77. The van der Waals surface area contributed by atoms with Crippen LogP contribution in [0.25, 0.3) is 10.9 Å². The Bertz CT molecular complexity index is 528. The van der Waals surface area contributed by atoms with Gasteiger partial charge in [0.1, 0.15) is 0 Å². The van der Waals surface area contributed by atoms with E-state index < -0.39 is 0 Å². The van der Waals surface area contributed by atoms with Gasteiger partial charge < -0.3 is 9.30 Å². The molecule has 2 rings (SSSR count). The van der Waals surface area contributed by atoms with Crippen molar-refractivity contribution in [1.82, 2.24) is 4.57 Å². The lowest BCUT2D eigenvalue weighted by Crippen LogP contribution is -2.07. The van der Waals surface area contributed by atoms with Crippen molar-refractivity contribution in [2.45, 2.75) is 26.8 Å². The topological polar surface area (TPSA) is 31.2 Å². The number of nitrogens with zero attached hydrogens (tertiary/aromatic N) is 1. The molecule has 0 aliphatic carbocycles. The van der Waals surface area contributed by atoms with Crippen LogP contribution in [-0.2, 0) is 22.5 Å². The summed E-state index contributed by atoms with van der Waals surface area (Å²) < 4.78 is 7.15. The zero-order valence-corrected chi connectivity index (χ0v) is 10.3. The van der Waals surface area contributed by atoms with E-state index in [2.05, 4.69) is 23.6 Å². The first-order chi connectivity index (χ1) is 8.26. The summed E-state index contributed by atoms with van der Waals surface area (Å²) in [4.78, 5) is 11.5. The number of carbonyl (C=O) groups excluding carboxylic acids is 1. The monoisotopic (exact) mass is 231 g/mol. The van der Waals surface area contributed by atoms with E-state index in [-0.39, 0.29) is 5.97 Å². The predicted octanol–water partition coefficient (Wildman–Crippen LogP) is 2.77. The SMILES string of the molecule is CCOC(=O)Cc1cn(CC)c2ccccc12. The van der Waals surface area contributed by atoms with Gasteiger partial charge in [0, 0.05) is 23.6 Å². The van der Waals surface area contributed by atoms with E-state index in [4.69, 9.17) is 4.74 Å². The van der Waals surface area contributed by atoms with Crippen LogP contribution in [0.15, 0.2) is 30.5 Å². The number of hydrogen-bond acceptors (Lipinski definition) is 2. The van der Waals surface area contributed by atoms with Crippen LogP contribution in [0.1, 0.15) is 19.4 Å². The van der Waals surface area contributed by atoms with Crippen LogP contribution in [0.4, 0.5) is 0 Å². The van der Waals surface area contributed by atoms with Crippen molar-refractivity contribution in [3.8, 4) is 0 Å². The van der Waals surface area contributed by atoms with Crippen LogP contribution in [0, 0.1) is 0 Å². The molecule has 1 heterocycles. The lowest BCUT2D eigenvalue weighted by molar-refractivity contribution is -0.142. The summed E-state index contributed by atoms with van der Waals surface area (Å²) in [5, 5.41) is 1.14. The van der Waals surface area contributed by atoms with Gasteiger partial charge in [0.25, 0.3) is 0 Å². The molecule has 0 amide bonds. The Morgan fingerprint density at radius 3 is 2.76 bits per heavy atom. The van der Waals surface area contributed by atoms with Gasteiger partial charge in [-0.15, -0.1) is 0 Å². The third-order valence-corrected chi connectivity index (χ3v) is 2.85. The summed E-state index contributed by atoms with van der Waals surface area (Å²) in [5.74, 6) is -0.161. The maximum atomic E-state index is 11.5. The Balaban J connectivity index is 2.37. The van der Waals surface area contributed by atoms with E-state index in [0.29, 0.717) is 13.0 Å². The number of aryl methyl sites for hydroxylation is 1. The minimum Gasteiger partial charge on any atom is -0.466 e. The van der Waals surface area contributed by atoms with Gasteiger partial charge in [-0.25, -0.2) is 0 Å². The second-order valence-electron chi connectivity index (χ2n) is 3.94. The fourth-order valence-corrected chi connectivity index (χ4v) is 2.09. The Labute approximate surface area is 101 Å². The summed E-state index contributed by atoms with van der Waals surface area (Å²) in [7, 11) is 0. The largest absolute Gasteiger partial charge is 0.466 e. The molecule has 1 aromatic carbocycles. The highest BCUT2D eigenvalue weighted by molar-refractivity contribution is 5.87. The van der Waals surface area contributed by atoms with Crippen molar-refractivity contribution in [2.24, 2.45) is 0 Å². The number of hydrogen-bond donors (Lipinski definition) is 0. The van der Waals surface area contributed by atoms with Crippen molar-refractivity contribution in [2.75, 3.05) is 6.61 Å². The van der Waals surface area contributed by atoms with Crippen molar-refractivity contribution in [3.05, 3.63) is 36.0 Å². The number of benzene rings is 1. The van der Waals surface area contributed by atoms with Crippen LogP contribution < -0.4 is 0 Å². The van der Waals surface area contributed by atoms with E-state index in [1.54, 1.807) is 0 Å². The van der Waals surface area contributed by atoms with E-state index in [1.807, 2.05) is 25.3 Å². The van der Waals surface area contributed by atoms with Gasteiger partial charge in [-0.05, 0) is 25.5 Å². The molecule has 2 aromatic rings. The third-order valence-electron chi connectivity index (χ3n) is 2.85. The van der Waals surface area contributed by atoms with Crippen molar-refractivity contribution >= 4 is 16.9 Å². The Morgan fingerprint density at radius 2 is 2.06 bits per heavy atom. The summed E-state index contributed by atoms with van der Waals surface area (Å²) in [5.41, 5.74) is 2.22. The van der Waals surface area contributed by atoms with Crippen LogP contribution >= 0.6 is 0 Å². The molecule has 3 nitrogen and oxygen atoms in total. The highest BCUT2D eigenvalue weighted by atomic mass is 16.5. The predicted molar refractivity (Wildman–Crippen MR) is 67.9 cm³/mol. The van der Waals surface area contributed by atoms with E-state index >= 15 is 0 Å². The normalized spacial score (nSPS) is 10.7. The van der Waals surface area contributed by atoms with Gasteiger partial charge in [-0.3, -0.25) is 4.79 Å². The highest BCUT2D eigenvalue weighted by Crippen LogP contribution is 2.21. The molecule has 1 aromatic heterocycles. The highest BCUT2D eigenvalue weighted by Gasteiger charge is 2.11. The molecule has 0 fully saturated rings. The van der Waals surface area contributed by atoms with Crippen LogP contribution in [0.2, 0.25) is 0 Å². The molecule has 0 unspecified atom stereocenters. The average Bonchev–Trinajstić information content (AvgIpc) is 2.68. The molecule has 0 N–H and O–H groups in total. The van der Waals surface area contributed by atoms with Gasteiger partial charge in [0.05, 0.1) is 13.0 Å². The van der Waals surface area contributed by atoms with E-state index in [1.165, 1.54) is 5.52 Å². The summed E-state index contributed by atoms with van der Waals surface area (Å²) in [6.45, 7) is 5.27. The zero-order valence-electron chi connectivity index (χ0n) is 10.3. The Morgan fingerprint density at radius 1 is 1.29 bits per heavy atom. The minimum atomic E-state index is -0.161. The van der Waals surface area contributed by atoms with Crippen LogP contribution in [-0.4, -0.2) is 17.1 Å². The van der Waals surface area contributed by atoms with E-state index in [9.17, 15) is 4.79 Å². The lowest BCUT2D eigenvalue weighted by Gasteiger charge is -2.00. The van der Waals surface area contributed by atoms with Crippen molar-refractivity contribution in [1.29, 1.82) is 0 Å². The number of esters is 1. The summed E-state index contributed by atoms with van der Waals surface area (Å²) in [6, 6.07) is 8.14. The zero-order chi connectivity index (χ0) is 12.3. The number of carbonyl (C=O) groups is 1. The minimum absolute atomic E-state index is 0.161. The van der Waals surface area contributed by atoms with Crippen molar-refractivity contribution in [3.63, 3.8) is 0 Å². The van der Waals surface area contributed by atoms with Gasteiger partial charge in [-0.2, -0.15) is 0 Å². The maximum absolute atomic E-state index is 11.5. The molecule has 0 spiro atoms. The first kappa shape index (κ1) is 11.7. The third kappa shape index (κ3) is 2.33.